The molecule has 0 saturated heterocycles. The number of halogens is 1. The normalized spacial score (nSPS) is 22.4. The van der Waals surface area contributed by atoms with E-state index >= 15 is 0 Å². The van der Waals surface area contributed by atoms with E-state index in [4.69, 9.17) is 11.6 Å². The van der Waals surface area contributed by atoms with Gasteiger partial charge < -0.3 is 0 Å². The van der Waals surface area contributed by atoms with Gasteiger partial charge in [-0.1, -0.05) is 24.4 Å². The van der Waals surface area contributed by atoms with E-state index in [2.05, 4.69) is 0 Å². The van der Waals surface area contributed by atoms with Crippen molar-refractivity contribution in [2.45, 2.75) is 43.9 Å². The zero-order valence-corrected chi connectivity index (χ0v) is 10.0. The van der Waals surface area contributed by atoms with Gasteiger partial charge in [0.05, 0.1) is 0 Å². The summed E-state index contributed by atoms with van der Waals surface area (Å²) < 4.78 is 0. The lowest BCUT2D eigenvalue weighted by atomic mass is 9.68. The highest BCUT2D eigenvalue weighted by molar-refractivity contribution is 6.30. The number of hydrogen-bond donors (Lipinski definition) is 0. The van der Waals surface area contributed by atoms with E-state index in [9.17, 15) is 4.79 Å². The van der Waals surface area contributed by atoms with E-state index in [1.807, 2.05) is 18.2 Å². The van der Waals surface area contributed by atoms with Gasteiger partial charge in [-0.25, -0.2) is 0 Å². The first-order chi connectivity index (χ1) is 7.71. The summed E-state index contributed by atoms with van der Waals surface area (Å²) in [6.07, 6.45) is 6.79. The van der Waals surface area contributed by atoms with Crippen LogP contribution in [-0.2, 0) is 5.41 Å². The van der Waals surface area contributed by atoms with Gasteiger partial charge in [-0.15, -0.1) is 0 Å². The Morgan fingerprint density at radius 1 is 1.12 bits per heavy atom. The number of rotatable bonds is 0. The van der Waals surface area contributed by atoms with E-state index in [0.29, 0.717) is 12.2 Å². The second kappa shape index (κ2) is 3.59. The molecule has 0 atom stereocenters. The molecule has 1 nitrogen and oxygen atoms in total. The molecule has 0 amide bonds. The van der Waals surface area contributed by atoms with Crippen molar-refractivity contribution in [3.63, 3.8) is 0 Å². The monoisotopic (exact) mass is 234 g/mol. The molecule has 1 saturated carbocycles. The molecule has 1 spiro atoms. The first-order valence-electron chi connectivity index (χ1n) is 6.05. The minimum absolute atomic E-state index is 0.272. The molecule has 84 valence electrons. The highest BCUT2D eigenvalue weighted by Crippen LogP contribution is 2.49. The van der Waals surface area contributed by atoms with Crippen molar-refractivity contribution in [3.8, 4) is 0 Å². The summed E-state index contributed by atoms with van der Waals surface area (Å²) in [7, 11) is 0. The van der Waals surface area contributed by atoms with Gasteiger partial charge >= 0.3 is 0 Å². The van der Waals surface area contributed by atoms with Crippen LogP contribution < -0.4 is 0 Å². The van der Waals surface area contributed by atoms with E-state index < -0.39 is 0 Å². The topological polar surface area (TPSA) is 17.1 Å². The van der Waals surface area contributed by atoms with Crippen molar-refractivity contribution in [3.05, 3.63) is 34.3 Å². The predicted molar refractivity (Wildman–Crippen MR) is 65.2 cm³/mol. The Hall–Kier alpha value is -0.820. The summed E-state index contributed by atoms with van der Waals surface area (Å²) in [4.78, 5) is 11.9. The summed E-state index contributed by atoms with van der Waals surface area (Å²) in [6.45, 7) is 0. The van der Waals surface area contributed by atoms with Gasteiger partial charge in [-0.2, -0.15) is 0 Å². The predicted octanol–water partition coefficient (Wildman–Crippen LogP) is 4.13. The lowest BCUT2D eigenvalue weighted by Crippen LogP contribution is -2.30. The SMILES string of the molecule is O=C1CCC2(CCCC2)c2cc(Cl)ccc21. The molecular formula is C14H15ClO. The Labute approximate surface area is 101 Å². The van der Waals surface area contributed by atoms with Crippen molar-refractivity contribution >= 4 is 17.4 Å². The highest BCUT2D eigenvalue weighted by Gasteiger charge is 2.41. The fraction of sp³-hybridized carbons (Fsp3) is 0.500. The molecule has 0 heterocycles. The Bertz CT molecular complexity index is 444. The zero-order chi connectivity index (χ0) is 11.2. The fourth-order valence-corrected chi connectivity index (χ4v) is 3.56. The van der Waals surface area contributed by atoms with Crippen molar-refractivity contribution in [1.82, 2.24) is 0 Å². The molecule has 0 bridgehead atoms. The molecule has 0 aliphatic heterocycles. The molecule has 3 rings (SSSR count). The van der Waals surface area contributed by atoms with Crippen molar-refractivity contribution in [2.75, 3.05) is 0 Å². The quantitative estimate of drug-likeness (QED) is 0.660. The fourth-order valence-electron chi connectivity index (χ4n) is 3.39. The van der Waals surface area contributed by atoms with Crippen LogP contribution in [0.5, 0.6) is 0 Å². The Balaban J connectivity index is 2.18. The van der Waals surface area contributed by atoms with E-state index in [-0.39, 0.29) is 5.41 Å². The maximum absolute atomic E-state index is 11.9. The van der Waals surface area contributed by atoms with Crippen LogP contribution in [0.1, 0.15) is 54.4 Å². The van der Waals surface area contributed by atoms with Crippen LogP contribution >= 0.6 is 11.6 Å². The second-order valence-electron chi connectivity index (χ2n) is 5.10. The molecule has 1 aromatic rings. The highest BCUT2D eigenvalue weighted by atomic mass is 35.5. The molecule has 0 unspecified atom stereocenters. The average molecular weight is 235 g/mol. The second-order valence-corrected chi connectivity index (χ2v) is 5.54. The third kappa shape index (κ3) is 1.41. The molecule has 16 heavy (non-hydrogen) atoms. The van der Waals surface area contributed by atoms with Gasteiger partial charge in [0.15, 0.2) is 5.78 Å². The van der Waals surface area contributed by atoms with Crippen LogP contribution in [0, 0.1) is 0 Å². The van der Waals surface area contributed by atoms with E-state index in [0.717, 1.165) is 17.0 Å². The molecule has 0 aromatic heterocycles. The number of carbonyl (C=O) groups excluding carboxylic acids is 1. The minimum atomic E-state index is 0.272. The largest absolute Gasteiger partial charge is 0.294 e. The van der Waals surface area contributed by atoms with Crippen LogP contribution in [0.3, 0.4) is 0 Å². The molecule has 2 aliphatic carbocycles. The van der Waals surface area contributed by atoms with Crippen LogP contribution in [0.25, 0.3) is 0 Å². The maximum atomic E-state index is 11.9. The zero-order valence-electron chi connectivity index (χ0n) is 9.26. The summed E-state index contributed by atoms with van der Waals surface area (Å²) in [5, 5.41) is 0.764. The molecule has 1 fully saturated rings. The van der Waals surface area contributed by atoms with Crippen LogP contribution in [0.2, 0.25) is 5.02 Å². The summed E-state index contributed by atoms with van der Waals surface area (Å²) in [5.74, 6) is 0.296. The summed E-state index contributed by atoms with van der Waals surface area (Å²) in [5.41, 5.74) is 2.43. The molecular weight excluding hydrogens is 220 g/mol. The van der Waals surface area contributed by atoms with Crippen LogP contribution in [0.15, 0.2) is 18.2 Å². The number of ketones is 1. The van der Waals surface area contributed by atoms with Gasteiger partial charge in [-0.3, -0.25) is 4.79 Å². The maximum Gasteiger partial charge on any atom is 0.163 e. The first-order valence-corrected chi connectivity index (χ1v) is 6.42. The molecule has 0 N–H and O–H groups in total. The molecule has 1 aromatic carbocycles. The standard InChI is InChI=1S/C14H15ClO/c15-10-3-4-11-12(9-10)14(6-1-2-7-14)8-5-13(11)16/h3-4,9H,1-2,5-8H2. The molecule has 2 aliphatic rings. The van der Waals surface area contributed by atoms with Gasteiger partial charge in [0.25, 0.3) is 0 Å². The lowest BCUT2D eigenvalue weighted by molar-refractivity contribution is 0.0951. The van der Waals surface area contributed by atoms with Crippen molar-refractivity contribution < 1.29 is 4.79 Å². The van der Waals surface area contributed by atoms with E-state index in [1.54, 1.807) is 0 Å². The Kier molecular flexibility index (Phi) is 2.32. The van der Waals surface area contributed by atoms with Gasteiger partial charge in [0.1, 0.15) is 0 Å². The van der Waals surface area contributed by atoms with E-state index in [1.165, 1.54) is 31.2 Å². The number of fused-ring (bicyclic) bond motifs is 2. The Morgan fingerprint density at radius 3 is 2.62 bits per heavy atom. The van der Waals surface area contributed by atoms with Crippen LogP contribution in [-0.4, -0.2) is 5.78 Å². The smallest absolute Gasteiger partial charge is 0.163 e. The van der Waals surface area contributed by atoms with Gasteiger partial charge in [0, 0.05) is 17.0 Å². The third-order valence-electron chi connectivity index (χ3n) is 4.24. The number of benzene rings is 1. The molecule has 0 radical (unpaired) electrons. The summed E-state index contributed by atoms with van der Waals surface area (Å²) in [6, 6.07) is 5.78. The third-order valence-corrected chi connectivity index (χ3v) is 4.48. The molecule has 2 heteroatoms. The lowest BCUT2D eigenvalue weighted by Gasteiger charge is -2.35. The van der Waals surface area contributed by atoms with Crippen molar-refractivity contribution in [1.29, 1.82) is 0 Å². The summed E-state index contributed by atoms with van der Waals surface area (Å²) >= 11 is 6.07. The Morgan fingerprint density at radius 2 is 1.88 bits per heavy atom. The van der Waals surface area contributed by atoms with Gasteiger partial charge in [-0.05, 0) is 48.4 Å². The van der Waals surface area contributed by atoms with Crippen molar-refractivity contribution in [2.24, 2.45) is 0 Å². The first kappa shape index (κ1) is 10.3. The van der Waals surface area contributed by atoms with Gasteiger partial charge in [0.2, 0.25) is 0 Å². The number of carbonyl (C=O) groups is 1. The average Bonchev–Trinajstić information content (AvgIpc) is 2.74. The number of hydrogen-bond acceptors (Lipinski definition) is 1. The van der Waals surface area contributed by atoms with Crippen LogP contribution in [0.4, 0.5) is 0 Å². The number of Topliss-reactive ketones (excluding diaryl/α,β-unsaturated/α-hetero) is 1. The minimum Gasteiger partial charge on any atom is -0.294 e.